The molecule has 1 fully saturated rings. The van der Waals surface area contributed by atoms with E-state index < -0.39 is 17.7 Å². The summed E-state index contributed by atoms with van der Waals surface area (Å²) < 4.78 is 28.0. The van der Waals surface area contributed by atoms with Crippen molar-refractivity contribution in [2.24, 2.45) is 0 Å². The smallest absolute Gasteiger partial charge is 0.161 e. The van der Waals surface area contributed by atoms with Crippen LogP contribution in [0.15, 0.2) is 18.5 Å². The molecule has 2 N–H and O–H groups in total. The Labute approximate surface area is 126 Å². The van der Waals surface area contributed by atoms with E-state index >= 15 is 0 Å². The lowest BCUT2D eigenvalue weighted by Crippen LogP contribution is -2.46. The average Bonchev–Trinajstić information content (AvgIpc) is 2.84. The Morgan fingerprint density at radius 1 is 1.41 bits per heavy atom. The molecule has 2 atom stereocenters. The number of aliphatic hydroxyl groups is 1. The summed E-state index contributed by atoms with van der Waals surface area (Å²) in [5.74, 6) is -2.02. The second-order valence-electron chi connectivity index (χ2n) is 5.64. The van der Waals surface area contributed by atoms with Gasteiger partial charge in [0, 0.05) is 24.6 Å². The van der Waals surface area contributed by atoms with E-state index in [2.05, 4.69) is 10.3 Å². The van der Waals surface area contributed by atoms with Gasteiger partial charge in [-0.05, 0) is 19.4 Å². The summed E-state index contributed by atoms with van der Waals surface area (Å²) in [6.45, 7) is 0.806. The zero-order chi connectivity index (χ0) is 15.7. The summed E-state index contributed by atoms with van der Waals surface area (Å²) in [7, 11) is 0. The van der Waals surface area contributed by atoms with Gasteiger partial charge in [0.05, 0.1) is 30.0 Å². The Morgan fingerprint density at radius 3 is 2.95 bits per heavy atom. The molecule has 2 heterocycles. The lowest BCUT2D eigenvalue weighted by Gasteiger charge is -2.28. The molecule has 5 nitrogen and oxygen atoms in total. The van der Waals surface area contributed by atoms with Crippen LogP contribution in [0.25, 0.3) is 11.0 Å². The SMILES string of the molecule is O=C(C[C@H]1NCCC[C@@H]1O)Cn1cnc2cc(F)c(F)cc21. The number of rotatable bonds is 4. The third kappa shape index (κ3) is 3.00. The van der Waals surface area contributed by atoms with Crippen LogP contribution < -0.4 is 5.32 Å². The van der Waals surface area contributed by atoms with Crippen molar-refractivity contribution in [1.82, 2.24) is 14.9 Å². The van der Waals surface area contributed by atoms with Gasteiger partial charge in [0.25, 0.3) is 0 Å². The van der Waals surface area contributed by atoms with E-state index in [4.69, 9.17) is 0 Å². The summed E-state index contributed by atoms with van der Waals surface area (Å²) in [6.07, 6.45) is 2.65. The molecule has 0 unspecified atom stereocenters. The van der Waals surface area contributed by atoms with Gasteiger partial charge in [0.1, 0.15) is 0 Å². The molecular weight excluding hydrogens is 292 g/mol. The Hall–Kier alpha value is -1.86. The molecule has 1 aromatic carbocycles. The molecule has 0 radical (unpaired) electrons. The van der Waals surface area contributed by atoms with Crippen LogP contribution in [0.2, 0.25) is 0 Å². The van der Waals surface area contributed by atoms with Crippen molar-refractivity contribution in [3.8, 4) is 0 Å². The normalized spacial score (nSPS) is 22.1. The fraction of sp³-hybridized carbons (Fsp3) is 0.467. The maximum Gasteiger partial charge on any atom is 0.161 e. The minimum atomic E-state index is -0.967. The molecular formula is C15H17F2N3O2. The zero-order valence-corrected chi connectivity index (χ0v) is 11.9. The number of aliphatic hydroxyl groups excluding tert-OH is 1. The number of fused-ring (bicyclic) bond motifs is 1. The van der Waals surface area contributed by atoms with E-state index in [9.17, 15) is 18.7 Å². The fourth-order valence-corrected chi connectivity index (χ4v) is 2.82. The monoisotopic (exact) mass is 309 g/mol. The van der Waals surface area contributed by atoms with Gasteiger partial charge in [-0.3, -0.25) is 4.79 Å². The van der Waals surface area contributed by atoms with Crippen molar-refractivity contribution in [2.75, 3.05) is 6.54 Å². The van der Waals surface area contributed by atoms with E-state index in [0.29, 0.717) is 17.5 Å². The predicted molar refractivity (Wildman–Crippen MR) is 76.3 cm³/mol. The maximum atomic E-state index is 13.3. The van der Waals surface area contributed by atoms with Gasteiger partial charge in [-0.2, -0.15) is 0 Å². The standard InChI is InChI=1S/C15H17F2N3O2/c16-10-5-12-14(6-11(10)17)20(8-19-12)7-9(21)4-13-15(22)2-1-3-18-13/h5-6,8,13,15,18,22H,1-4,7H2/t13-,15+/m1/s1. The number of carbonyl (C=O) groups excluding carboxylic acids is 1. The van der Waals surface area contributed by atoms with Gasteiger partial charge in [0.15, 0.2) is 17.4 Å². The molecule has 1 aliphatic heterocycles. The minimum absolute atomic E-state index is 0.0203. The molecule has 2 aromatic rings. The van der Waals surface area contributed by atoms with E-state index in [1.54, 1.807) is 0 Å². The molecule has 1 saturated heterocycles. The van der Waals surface area contributed by atoms with Crippen LogP contribution in [0, 0.1) is 11.6 Å². The number of piperidine rings is 1. The molecule has 7 heteroatoms. The zero-order valence-electron chi connectivity index (χ0n) is 11.9. The number of benzene rings is 1. The largest absolute Gasteiger partial charge is 0.391 e. The summed E-state index contributed by atoms with van der Waals surface area (Å²) in [5, 5.41) is 13.0. The molecule has 0 spiro atoms. The van der Waals surface area contributed by atoms with E-state index in [1.807, 2.05) is 0 Å². The molecule has 0 bridgehead atoms. The molecule has 0 amide bonds. The first-order valence-electron chi connectivity index (χ1n) is 7.27. The third-order valence-corrected chi connectivity index (χ3v) is 4.01. The first kappa shape index (κ1) is 15.1. The average molecular weight is 309 g/mol. The Balaban J connectivity index is 1.72. The quantitative estimate of drug-likeness (QED) is 0.895. The number of hydrogen-bond acceptors (Lipinski definition) is 4. The van der Waals surface area contributed by atoms with Crippen LogP contribution in [0.5, 0.6) is 0 Å². The molecule has 1 aliphatic rings. The van der Waals surface area contributed by atoms with Gasteiger partial charge in [-0.25, -0.2) is 13.8 Å². The number of hydrogen-bond donors (Lipinski definition) is 2. The summed E-state index contributed by atoms with van der Waals surface area (Å²) in [5.41, 5.74) is 0.687. The van der Waals surface area contributed by atoms with Crippen molar-refractivity contribution in [3.63, 3.8) is 0 Å². The van der Waals surface area contributed by atoms with Crippen molar-refractivity contribution < 1.29 is 18.7 Å². The lowest BCUT2D eigenvalue weighted by molar-refractivity contribution is -0.121. The maximum absolute atomic E-state index is 13.3. The van der Waals surface area contributed by atoms with Crippen LogP contribution in [-0.4, -0.2) is 39.1 Å². The minimum Gasteiger partial charge on any atom is -0.391 e. The fourth-order valence-electron chi connectivity index (χ4n) is 2.82. The second kappa shape index (κ2) is 6.10. The van der Waals surface area contributed by atoms with Gasteiger partial charge >= 0.3 is 0 Å². The summed E-state index contributed by atoms with van der Waals surface area (Å²) in [6, 6.07) is 1.81. The van der Waals surface area contributed by atoms with Gasteiger partial charge < -0.3 is 15.0 Å². The predicted octanol–water partition coefficient (Wildman–Crippen LogP) is 1.39. The highest BCUT2D eigenvalue weighted by Crippen LogP contribution is 2.18. The van der Waals surface area contributed by atoms with Crippen molar-refractivity contribution in [1.29, 1.82) is 0 Å². The topological polar surface area (TPSA) is 67.2 Å². The third-order valence-electron chi connectivity index (χ3n) is 4.01. The highest BCUT2D eigenvalue weighted by molar-refractivity contribution is 5.82. The van der Waals surface area contributed by atoms with Crippen LogP contribution in [0.3, 0.4) is 0 Å². The van der Waals surface area contributed by atoms with E-state index in [-0.39, 0.29) is 24.8 Å². The van der Waals surface area contributed by atoms with Crippen LogP contribution in [-0.2, 0) is 11.3 Å². The second-order valence-corrected chi connectivity index (χ2v) is 5.64. The lowest BCUT2D eigenvalue weighted by atomic mass is 9.97. The highest BCUT2D eigenvalue weighted by atomic mass is 19.2. The van der Waals surface area contributed by atoms with Crippen LogP contribution in [0.1, 0.15) is 19.3 Å². The number of imidazole rings is 1. The first-order valence-corrected chi connectivity index (χ1v) is 7.27. The summed E-state index contributed by atoms with van der Waals surface area (Å²) in [4.78, 5) is 16.1. The number of carbonyl (C=O) groups is 1. The number of ketones is 1. The molecule has 1 aromatic heterocycles. The van der Waals surface area contributed by atoms with Crippen molar-refractivity contribution in [3.05, 3.63) is 30.1 Å². The van der Waals surface area contributed by atoms with Crippen LogP contribution in [0.4, 0.5) is 8.78 Å². The van der Waals surface area contributed by atoms with Crippen LogP contribution >= 0.6 is 0 Å². The molecule has 118 valence electrons. The van der Waals surface area contributed by atoms with Crippen molar-refractivity contribution >= 4 is 16.8 Å². The number of nitrogens with zero attached hydrogens (tertiary/aromatic N) is 2. The van der Waals surface area contributed by atoms with Crippen molar-refractivity contribution in [2.45, 2.75) is 38.0 Å². The molecule has 3 rings (SSSR count). The number of Topliss-reactive ketones (excluding diaryl/α,β-unsaturated/α-hetero) is 1. The number of aromatic nitrogens is 2. The Kier molecular flexibility index (Phi) is 4.17. The van der Waals surface area contributed by atoms with Gasteiger partial charge in [-0.15, -0.1) is 0 Å². The number of nitrogens with one attached hydrogen (secondary N) is 1. The Bertz CT molecular complexity index is 701. The highest BCUT2D eigenvalue weighted by Gasteiger charge is 2.25. The van der Waals surface area contributed by atoms with E-state index in [1.165, 1.54) is 10.9 Å². The molecule has 22 heavy (non-hydrogen) atoms. The van der Waals surface area contributed by atoms with Gasteiger partial charge in [0.2, 0.25) is 0 Å². The van der Waals surface area contributed by atoms with E-state index in [0.717, 1.165) is 25.1 Å². The molecule has 0 aliphatic carbocycles. The van der Waals surface area contributed by atoms with Gasteiger partial charge in [-0.1, -0.05) is 0 Å². The number of halogens is 2. The molecule has 0 saturated carbocycles. The summed E-state index contributed by atoms with van der Waals surface area (Å²) >= 11 is 0. The first-order chi connectivity index (χ1) is 10.5. The Morgan fingerprint density at radius 2 is 2.18 bits per heavy atom.